The first kappa shape index (κ1) is 24.6. The van der Waals surface area contributed by atoms with E-state index in [9.17, 15) is 14.0 Å². The van der Waals surface area contributed by atoms with E-state index in [1.54, 1.807) is 25.1 Å². The lowest BCUT2D eigenvalue weighted by molar-refractivity contribution is -0.145. The molecule has 2 heterocycles. The van der Waals surface area contributed by atoms with E-state index < -0.39 is 5.82 Å². The van der Waals surface area contributed by atoms with E-state index in [-0.39, 0.29) is 29.5 Å². The first-order valence-corrected chi connectivity index (χ1v) is 12.1. The number of benzene rings is 2. The van der Waals surface area contributed by atoms with Crippen molar-refractivity contribution in [2.45, 2.75) is 52.3 Å². The van der Waals surface area contributed by atoms with Gasteiger partial charge in [0.1, 0.15) is 11.9 Å². The van der Waals surface area contributed by atoms with Gasteiger partial charge in [0.15, 0.2) is 0 Å². The summed E-state index contributed by atoms with van der Waals surface area (Å²) in [5.74, 6) is -0.700. The zero-order chi connectivity index (χ0) is 24.4. The largest absolute Gasteiger partial charge is 0.368 e. The molecule has 2 aromatic carbocycles. The van der Waals surface area contributed by atoms with E-state index in [2.05, 4.69) is 17.1 Å². The van der Waals surface area contributed by atoms with Gasteiger partial charge in [0.25, 0.3) is 11.8 Å². The number of carbonyl (C=O) groups excluding carboxylic acids is 2. The highest BCUT2D eigenvalue weighted by Crippen LogP contribution is 2.28. The average Bonchev–Trinajstić information content (AvgIpc) is 3.33. The van der Waals surface area contributed by atoms with Crippen molar-refractivity contribution >= 4 is 29.1 Å². The fourth-order valence-corrected chi connectivity index (χ4v) is 4.90. The van der Waals surface area contributed by atoms with Crippen molar-refractivity contribution in [3.05, 3.63) is 63.4 Å². The smallest absolute Gasteiger partial charge is 0.255 e. The molecule has 8 heteroatoms. The number of rotatable bonds is 5. The minimum Gasteiger partial charge on any atom is -0.368 e. The summed E-state index contributed by atoms with van der Waals surface area (Å²) < 4.78 is 19.5. The van der Waals surface area contributed by atoms with Crippen LogP contribution in [0.5, 0.6) is 0 Å². The molecule has 0 aromatic heterocycles. The molecule has 2 amide bonds. The number of nitrogens with zero attached hydrogens (tertiary/aromatic N) is 2. The fourth-order valence-electron chi connectivity index (χ4n) is 4.66. The van der Waals surface area contributed by atoms with Crippen molar-refractivity contribution in [3.8, 4) is 0 Å². The van der Waals surface area contributed by atoms with Crippen LogP contribution < -0.4 is 5.32 Å². The molecule has 0 bridgehead atoms. The van der Waals surface area contributed by atoms with Gasteiger partial charge in [-0.25, -0.2) is 4.39 Å². The maximum atomic E-state index is 13.9. The number of halogens is 2. The van der Waals surface area contributed by atoms with Crippen molar-refractivity contribution in [1.29, 1.82) is 0 Å². The maximum Gasteiger partial charge on any atom is 0.255 e. The summed E-state index contributed by atoms with van der Waals surface area (Å²) in [6.45, 7) is 9.13. The predicted octanol–water partition coefficient (Wildman–Crippen LogP) is 4.56. The van der Waals surface area contributed by atoms with Crippen molar-refractivity contribution in [1.82, 2.24) is 9.80 Å². The minimum atomic E-state index is -0.414. The van der Waals surface area contributed by atoms with Gasteiger partial charge in [-0.2, -0.15) is 0 Å². The molecule has 2 saturated heterocycles. The molecule has 2 fully saturated rings. The Morgan fingerprint density at radius 2 is 2.00 bits per heavy atom. The first-order valence-electron chi connectivity index (χ1n) is 11.7. The molecule has 2 atom stereocenters. The lowest BCUT2D eigenvalue weighted by Crippen LogP contribution is -2.55. The molecule has 2 aromatic rings. The molecule has 0 saturated carbocycles. The number of piperazine rings is 1. The van der Waals surface area contributed by atoms with Gasteiger partial charge in [-0.1, -0.05) is 17.7 Å². The van der Waals surface area contributed by atoms with Crippen molar-refractivity contribution in [3.63, 3.8) is 0 Å². The highest BCUT2D eigenvalue weighted by molar-refractivity contribution is 6.31. The Morgan fingerprint density at radius 1 is 1.21 bits per heavy atom. The van der Waals surface area contributed by atoms with Gasteiger partial charge in [-0.05, 0) is 74.6 Å². The number of anilines is 1. The van der Waals surface area contributed by atoms with Crippen LogP contribution >= 0.6 is 11.6 Å². The molecule has 4 rings (SSSR count). The van der Waals surface area contributed by atoms with Crippen LogP contribution in [-0.2, 0) is 16.1 Å². The van der Waals surface area contributed by atoms with Crippen molar-refractivity contribution in [2.75, 3.05) is 31.6 Å². The SMILES string of the molecule is Cc1ccc(C(=O)Nc2cc(Cl)cc(CN3CCN(C(=O)C4CCCO4)[C@@H](C)C3)c2C)cc1F. The second kappa shape index (κ2) is 10.4. The molecule has 2 aliphatic rings. The molecule has 1 N–H and O–H groups in total. The highest BCUT2D eigenvalue weighted by Gasteiger charge is 2.34. The zero-order valence-corrected chi connectivity index (χ0v) is 20.6. The molecule has 0 aliphatic carbocycles. The van der Waals surface area contributed by atoms with Gasteiger partial charge >= 0.3 is 0 Å². The summed E-state index contributed by atoms with van der Waals surface area (Å²) in [5.41, 5.74) is 3.27. The number of ether oxygens (including phenoxy) is 1. The number of carbonyl (C=O) groups is 2. The summed E-state index contributed by atoms with van der Waals surface area (Å²) in [6, 6.07) is 8.14. The lowest BCUT2D eigenvalue weighted by atomic mass is 10.0. The van der Waals surface area contributed by atoms with E-state index in [1.165, 1.54) is 6.07 Å². The Kier molecular flexibility index (Phi) is 7.55. The van der Waals surface area contributed by atoms with Crippen LogP contribution in [0.2, 0.25) is 5.02 Å². The van der Waals surface area contributed by atoms with Crippen LogP contribution in [0.1, 0.15) is 46.8 Å². The van der Waals surface area contributed by atoms with E-state index in [4.69, 9.17) is 16.3 Å². The average molecular weight is 488 g/mol. The third-order valence-corrected chi connectivity index (χ3v) is 6.97. The summed E-state index contributed by atoms with van der Waals surface area (Å²) in [5, 5.41) is 3.40. The summed E-state index contributed by atoms with van der Waals surface area (Å²) in [4.78, 5) is 29.7. The quantitative estimate of drug-likeness (QED) is 0.671. The van der Waals surface area contributed by atoms with Gasteiger partial charge in [0, 0.05) is 55.1 Å². The molecule has 182 valence electrons. The first-order chi connectivity index (χ1) is 16.2. The third kappa shape index (κ3) is 5.43. The summed E-state index contributed by atoms with van der Waals surface area (Å²) in [6.07, 6.45) is 1.45. The van der Waals surface area contributed by atoms with Crippen LogP contribution in [0.25, 0.3) is 0 Å². The molecule has 0 radical (unpaired) electrons. The highest BCUT2D eigenvalue weighted by atomic mass is 35.5. The number of nitrogens with one attached hydrogen (secondary N) is 1. The molecule has 2 aliphatic heterocycles. The van der Waals surface area contributed by atoms with E-state index in [0.717, 1.165) is 37.1 Å². The van der Waals surface area contributed by atoms with Crippen LogP contribution in [0.3, 0.4) is 0 Å². The molecule has 34 heavy (non-hydrogen) atoms. The van der Waals surface area contributed by atoms with Crippen LogP contribution in [0.4, 0.5) is 10.1 Å². The molecule has 6 nitrogen and oxygen atoms in total. The van der Waals surface area contributed by atoms with Gasteiger partial charge in [0.05, 0.1) is 0 Å². The number of aryl methyl sites for hydroxylation is 1. The Bertz CT molecular complexity index is 1090. The normalized spacial score (nSPS) is 21.0. The van der Waals surface area contributed by atoms with E-state index in [1.807, 2.05) is 17.9 Å². The monoisotopic (exact) mass is 487 g/mol. The molecular weight excluding hydrogens is 457 g/mol. The molecular formula is C26H31ClFN3O3. The van der Waals surface area contributed by atoms with Crippen LogP contribution in [0.15, 0.2) is 30.3 Å². The summed E-state index contributed by atoms with van der Waals surface area (Å²) in [7, 11) is 0. The van der Waals surface area contributed by atoms with Crippen LogP contribution in [-0.4, -0.2) is 60.0 Å². The molecule has 1 unspecified atom stereocenters. The standard InChI is InChI=1S/C26H31ClFN3O3/c1-16-6-7-19(12-22(16)28)25(32)29-23-13-21(27)11-20(18(23)3)15-30-8-9-31(17(2)14-30)26(33)24-5-4-10-34-24/h6-7,11-13,17,24H,4-5,8-10,14-15H2,1-3H3,(H,29,32)/t17-,24?/m0/s1. The van der Waals surface area contributed by atoms with Crippen molar-refractivity contribution in [2.24, 2.45) is 0 Å². The van der Waals surface area contributed by atoms with Gasteiger partial charge in [0.2, 0.25) is 0 Å². The Labute approximate surface area is 205 Å². The number of amides is 2. The Hall–Kier alpha value is -2.48. The maximum absolute atomic E-state index is 13.9. The Balaban J connectivity index is 1.43. The topological polar surface area (TPSA) is 61.9 Å². The van der Waals surface area contributed by atoms with E-state index in [0.29, 0.717) is 36.0 Å². The number of hydrogen-bond acceptors (Lipinski definition) is 4. The Morgan fingerprint density at radius 3 is 2.68 bits per heavy atom. The van der Waals surface area contributed by atoms with Gasteiger partial charge in [-0.15, -0.1) is 0 Å². The summed E-state index contributed by atoms with van der Waals surface area (Å²) >= 11 is 6.38. The van der Waals surface area contributed by atoms with Gasteiger partial charge in [-0.3, -0.25) is 14.5 Å². The second-order valence-electron chi connectivity index (χ2n) is 9.27. The second-order valence-corrected chi connectivity index (χ2v) is 9.71. The van der Waals surface area contributed by atoms with Gasteiger partial charge < -0.3 is 15.0 Å². The zero-order valence-electron chi connectivity index (χ0n) is 19.9. The minimum absolute atomic E-state index is 0.0838. The predicted molar refractivity (Wildman–Crippen MR) is 131 cm³/mol. The lowest BCUT2D eigenvalue weighted by Gasteiger charge is -2.41. The van der Waals surface area contributed by atoms with Crippen LogP contribution in [0, 0.1) is 19.7 Å². The fraction of sp³-hybridized carbons (Fsp3) is 0.462. The van der Waals surface area contributed by atoms with E-state index >= 15 is 0 Å². The third-order valence-electron chi connectivity index (χ3n) is 6.76. The molecule has 0 spiro atoms. The number of hydrogen-bond donors (Lipinski definition) is 1. The van der Waals surface area contributed by atoms with Crippen molar-refractivity contribution < 1.29 is 18.7 Å².